The molecule has 0 spiro atoms. The molecular formula is C9H9I2N. The van der Waals surface area contributed by atoms with E-state index < -0.39 is 0 Å². The second kappa shape index (κ2) is 3.42. The van der Waals surface area contributed by atoms with Crippen LogP contribution >= 0.6 is 45.2 Å². The van der Waals surface area contributed by atoms with Crippen molar-refractivity contribution in [2.75, 3.05) is 0 Å². The van der Waals surface area contributed by atoms with Gasteiger partial charge in [0.15, 0.2) is 0 Å². The third-order valence-corrected chi connectivity index (χ3v) is 3.88. The van der Waals surface area contributed by atoms with Crippen molar-refractivity contribution in [2.24, 2.45) is 5.73 Å². The maximum absolute atomic E-state index is 5.98. The molecule has 0 bridgehead atoms. The summed E-state index contributed by atoms with van der Waals surface area (Å²) in [4.78, 5) is 0. The lowest BCUT2D eigenvalue weighted by Gasteiger charge is -2.06. The first-order chi connectivity index (χ1) is 5.68. The third kappa shape index (κ3) is 1.50. The molecule has 1 unspecified atom stereocenters. The molecule has 0 amide bonds. The minimum absolute atomic E-state index is 0.281. The molecule has 2 rings (SSSR count). The second-order valence-corrected chi connectivity index (χ2v) is 5.51. The fourth-order valence-electron chi connectivity index (χ4n) is 1.67. The lowest BCUT2D eigenvalue weighted by Crippen LogP contribution is -2.05. The number of fused-ring (bicyclic) bond motifs is 1. The van der Waals surface area contributed by atoms with Gasteiger partial charge in [0.2, 0.25) is 0 Å². The van der Waals surface area contributed by atoms with Crippen molar-refractivity contribution in [3.05, 3.63) is 30.4 Å². The van der Waals surface area contributed by atoms with Crippen molar-refractivity contribution in [3.63, 3.8) is 0 Å². The monoisotopic (exact) mass is 385 g/mol. The maximum Gasteiger partial charge on any atom is 0.0301 e. The largest absolute Gasteiger partial charge is 0.324 e. The molecule has 0 aliphatic heterocycles. The summed E-state index contributed by atoms with van der Waals surface area (Å²) in [6.07, 6.45) is 2.27. The maximum atomic E-state index is 5.98. The van der Waals surface area contributed by atoms with Crippen LogP contribution < -0.4 is 5.73 Å². The van der Waals surface area contributed by atoms with Crippen molar-refractivity contribution in [1.82, 2.24) is 0 Å². The van der Waals surface area contributed by atoms with Crippen molar-refractivity contribution in [2.45, 2.75) is 18.9 Å². The summed E-state index contributed by atoms with van der Waals surface area (Å²) >= 11 is 4.75. The zero-order chi connectivity index (χ0) is 8.72. The fourth-order valence-corrected chi connectivity index (χ4v) is 3.83. The Morgan fingerprint density at radius 2 is 2.08 bits per heavy atom. The first kappa shape index (κ1) is 9.21. The fraction of sp³-hybridized carbons (Fsp3) is 0.333. The highest BCUT2D eigenvalue weighted by molar-refractivity contribution is 14.1. The molecule has 1 aromatic carbocycles. The number of halogens is 2. The number of hydrogen-bond acceptors (Lipinski definition) is 1. The van der Waals surface area contributed by atoms with Gasteiger partial charge in [-0.1, -0.05) is 0 Å². The van der Waals surface area contributed by atoms with Gasteiger partial charge < -0.3 is 5.73 Å². The van der Waals surface area contributed by atoms with Gasteiger partial charge in [-0.3, -0.25) is 0 Å². The van der Waals surface area contributed by atoms with Gasteiger partial charge in [-0.05, 0) is 81.3 Å². The molecule has 1 aliphatic rings. The van der Waals surface area contributed by atoms with Crippen molar-refractivity contribution >= 4 is 45.2 Å². The van der Waals surface area contributed by atoms with E-state index in [4.69, 9.17) is 5.73 Å². The Morgan fingerprint density at radius 1 is 1.33 bits per heavy atom. The van der Waals surface area contributed by atoms with Gasteiger partial charge in [0, 0.05) is 13.2 Å². The molecule has 1 aromatic rings. The zero-order valence-electron chi connectivity index (χ0n) is 6.48. The van der Waals surface area contributed by atoms with Crippen LogP contribution in [0.25, 0.3) is 0 Å². The quantitative estimate of drug-likeness (QED) is 0.684. The minimum atomic E-state index is 0.281. The molecule has 0 aromatic heterocycles. The number of benzene rings is 1. The van der Waals surface area contributed by atoms with Crippen molar-refractivity contribution in [1.29, 1.82) is 0 Å². The second-order valence-electron chi connectivity index (χ2n) is 3.10. The van der Waals surface area contributed by atoms with Gasteiger partial charge in [0.05, 0.1) is 0 Å². The van der Waals surface area contributed by atoms with Gasteiger partial charge in [0.25, 0.3) is 0 Å². The molecule has 2 N–H and O–H groups in total. The highest BCUT2D eigenvalue weighted by Gasteiger charge is 2.21. The normalized spacial score (nSPS) is 21.1. The number of hydrogen-bond donors (Lipinski definition) is 1. The lowest BCUT2D eigenvalue weighted by atomic mass is 10.1. The summed E-state index contributed by atoms with van der Waals surface area (Å²) in [5.41, 5.74) is 8.82. The highest BCUT2D eigenvalue weighted by Crippen LogP contribution is 2.33. The summed E-state index contributed by atoms with van der Waals surface area (Å²) in [6, 6.07) is 4.72. The van der Waals surface area contributed by atoms with Crippen LogP contribution in [0.5, 0.6) is 0 Å². The van der Waals surface area contributed by atoms with Gasteiger partial charge in [-0.2, -0.15) is 0 Å². The van der Waals surface area contributed by atoms with E-state index in [1.807, 2.05) is 0 Å². The Hall–Kier alpha value is 0.640. The summed E-state index contributed by atoms with van der Waals surface area (Å²) < 4.78 is 2.68. The van der Waals surface area contributed by atoms with Gasteiger partial charge in [0.1, 0.15) is 0 Å². The first-order valence-electron chi connectivity index (χ1n) is 3.92. The van der Waals surface area contributed by atoms with Crippen LogP contribution in [0.4, 0.5) is 0 Å². The molecule has 12 heavy (non-hydrogen) atoms. The Kier molecular flexibility index (Phi) is 2.62. The highest BCUT2D eigenvalue weighted by atomic mass is 127. The van der Waals surface area contributed by atoms with E-state index in [0.717, 1.165) is 12.8 Å². The topological polar surface area (TPSA) is 26.0 Å². The van der Waals surface area contributed by atoms with Crippen LogP contribution in [-0.2, 0) is 6.42 Å². The smallest absolute Gasteiger partial charge is 0.0301 e. The van der Waals surface area contributed by atoms with E-state index >= 15 is 0 Å². The molecule has 1 atom stereocenters. The number of nitrogens with two attached hydrogens (primary N) is 1. The number of rotatable bonds is 0. The molecule has 0 heterocycles. The van der Waals surface area contributed by atoms with Crippen LogP contribution in [0.2, 0.25) is 0 Å². The predicted octanol–water partition coefficient (Wildman–Crippen LogP) is 2.84. The van der Waals surface area contributed by atoms with Crippen LogP contribution in [-0.4, -0.2) is 0 Å². The van der Waals surface area contributed by atoms with Crippen LogP contribution in [0.1, 0.15) is 23.6 Å². The SMILES string of the molecule is NC1CCc2c(I)cc(I)cc21. The molecule has 0 radical (unpaired) electrons. The van der Waals surface area contributed by atoms with E-state index in [2.05, 4.69) is 57.3 Å². The average molecular weight is 385 g/mol. The van der Waals surface area contributed by atoms with Crippen molar-refractivity contribution < 1.29 is 0 Å². The summed E-state index contributed by atoms with van der Waals surface area (Å²) in [5.74, 6) is 0. The lowest BCUT2D eigenvalue weighted by molar-refractivity contribution is 0.713. The Bertz CT molecular complexity index is 323. The molecule has 0 fully saturated rings. The van der Waals surface area contributed by atoms with Crippen LogP contribution in [0.3, 0.4) is 0 Å². The Labute approximate surface area is 99.4 Å². The van der Waals surface area contributed by atoms with E-state index in [9.17, 15) is 0 Å². The molecular weight excluding hydrogens is 376 g/mol. The van der Waals surface area contributed by atoms with Gasteiger partial charge in [-0.15, -0.1) is 0 Å². The molecule has 3 heteroatoms. The van der Waals surface area contributed by atoms with Gasteiger partial charge in [-0.25, -0.2) is 0 Å². The zero-order valence-corrected chi connectivity index (χ0v) is 10.8. The van der Waals surface area contributed by atoms with Crippen LogP contribution in [0.15, 0.2) is 12.1 Å². The molecule has 0 saturated heterocycles. The van der Waals surface area contributed by atoms with Crippen molar-refractivity contribution in [3.8, 4) is 0 Å². The van der Waals surface area contributed by atoms with E-state index in [-0.39, 0.29) is 6.04 Å². The van der Waals surface area contributed by atoms with Crippen LogP contribution in [0, 0.1) is 7.14 Å². The third-order valence-electron chi connectivity index (χ3n) is 2.30. The first-order valence-corrected chi connectivity index (χ1v) is 6.07. The molecule has 64 valence electrons. The Morgan fingerprint density at radius 3 is 2.83 bits per heavy atom. The standard InChI is InChI=1S/C9H9I2N/c10-5-3-7-6(8(11)4-5)1-2-9(7)12/h3-4,9H,1-2,12H2. The van der Waals surface area contributed by atoms with E-state index in [1.165, 1.54) is 18.3 Å². The predicted molar refractivity (Wildman–Crippen MR) is 67.1 cm³/mol. The van der Waals surface area contributed by atoms with E-state index in [1.54, 1.807) is 0 Å². The summed E-state index contributed by atoms with van der Waals surface area (Å²) in [5, 5.41) is 0. The minimum Gasteiger partial charge on any atom is -0.324 e. The Balaban J connectivity index is 2.60. The van der Waals surface area contributed by atoms with Gasteiger partial charge >= 0.3 is 0 Å². The average Bonchev–Trinajstić information content (AvgIpc) is 2.33. The molecule has 1 nitrogen and oxygen atoms in total. The summed E-state index contributed by atoms with van der Waals surface area (Å²) in [6.45, 7) is 0. The van der Waals surface area contributed by atoms with E-state index in [0.29, 0.717) is 0 Å². The molecule has 1 aliphatic carbocycles. The molecule has 0 saturated carbocycles. The summed E-state index contributed by atoms with van der Waals surface area (Å²) in [7, 11) is 0.